The van der Waals surface area contributed by atoms with Crippen LogP contribution < -0.4 is 4.74 Å². The fourth-order valence-electron chi connectivity index (χ4n) is 6.48. The first-order chi connectivity index (χ1) is 17.2. The van der Waals surface area contributed by atoms with Gasteiger partial charge in [0.05, 0.1) is 27.9 Å². The number of methoxy groups -OCH3 is 1. The summed E-state index contributed by atoms with van der Waals surface area (Å²) in [5, 5.41) is 12.6. The quantitative estimate of drug-likeness (QED) is 0.252. The van der Waals surface area contributed by atoms with Gasteiger partial charge in [-0.2, -0.15) is 0 Å². The molecule has 2 aromatic rings. The van der Waals surface area contributed by atoms with Crippen LogP contribution in [0.15, 0.2) is 76.5 Å². The highest BCUT2D eigenvalue weighted by atomic mass is 28.3. The summed E-state index contributed by atoms with van der Waals surface area (Å²) in [5.74, 6) is 0.921. The van der Waals surface area contributed by atoms with Gasteiger partial charge in [0.25, 0.3) is 0 Å². The molecule has 2 aliphatic rings. The minimum absolute atomic E-state index is 0.0916. The maximum Gasteiger partial charge on any atom is 0.119 e. The molecule has 1 unspecified atom stereocenters. The third kappa shape index (κ3) is 6.22. The molecule has 1 N–H and O–H groups in total. The lowest BCUT2D eigenvalue weighted by Gasteiger charge is -2.42. The molecule has 2 aliphatic carbocycles. The van der Waals surface area contributed by atoms with Gasteiger partial charge in [0.1, 0.15) is 5.75 Å². The average Bonchev–Trinajstić information content (AvgIpc) is 3.19. The van der Waals surface area contributed by atoms with Crippen molar-refractivity contribution in [2.45, 2.75) is 84.2 Å². The summed E-state index contributed by atoms with van der Waals surface area (Å²) < 4.78 is 11.5. The zero-order valence-corrected chi connectivity index (χ0v) is 23.9. The van der Waals surface area contributed by atoms with Crippen molar-refractivity contribution in [2.75, 3.05) is 13.7 Å². The van der Waals surface area contributed by atoms with Gasteiger partial charge in [0.15, 0.2) is 0 Å². The van der Waals surface area contributed by atoms with Crippen molar-refractivity contribution in [3.8, 4) is 5.75 Å². The number of aryl methyl sites for hydroxylation is 1. The molecule has 2 aromatic carbocycles. The lowest BCUT2D eigenvalue weighted by molar-refractivity contribution is 0.103. The predicted molar refractivity (Wildman–Crippen MR) is 152 cm³/mol. The number of ether oxygens (including phenoxy) is 2. The molecule has 0 saturated heterocycles. The van der Waals surface area contributed by atoms with Crippen LogP contribution in [-0.2, 0) is 17.8 Å². The Bertz CT molecular complexity index is 1100. The number of rotatable bonds is 11. The van der Waals surface area contributed by atoms with Crippen LogP contribution in [0.25, 0.3) is 0 Å². The van der Waals surface area contributed by atoms with Crippen LogP contribution in [0.3, 0.4) is 0 Å². The van der Waals surface area contributed by atoms with E-state index in [-0.39, 0.29) is 11.5 Å². The molecule has 0 radical (unpaired) electrons. The standard InChI is InChI=1S/C32H44O3Si/c1-24-29(16-15-25-13-9-14-28(19-25)34-2)30-20-27(33)21-32(30,22-31(24)36(3,4)5)17-10-18-35-23-26-11-7-6-8-12-26/h6-9,11-14,19,27,33H,10,15-18,20-23H2,1-5H3/t27?,32-/m1/s1. The van der Waals surface area contributed by atoms with Gasteiger partial charge in [-0.05, 0) is 86.1 Å². The molecule has 0 heterocycles. The summed E-state index contributed by atoms with van der Waals surface area (Å²) in [6, 6.07) is 18.9. The molecule has 4 rings (SSSR count). The molecule has 0 spiro atoms. The van der Waals surface area contributed by atoms with E-state index in [1.165, 1.54) is 22.3 Å². The molecular weight excluding hydrogens is 460 g/mol. The molecule has 0 aliphatic heterocycles. The first-order valence-corrected chi connectivity index (χ1v) is 17.1. The third-order valence-corrected chi connectivity index (χ3v) is 10.6. The van der Waals surface area contributed by atoms with Gasteiger partial charge < -0.3 is 14.6 Å². The Morgan fingerprint density at radius 1 is 1.00 bits per heavy atom. The zero-order chi connectivity index (χ0) is 25.8. The lowest BCUT2D eigenvalue weighted by Crippen LogP contribution is -2.35. The normalized spacial score (nSPS) is 22.2. The van der Waals surface area contributed by atoms with E-state index in [0.29, 0.717) is 6.61 Å². The predicted octanol–water partition coefficient (Wildman–Crippen LogP) is 7.66. The van der Waals surface area contributed by atoms with E-state index >= 15 is 0 Å². The minimum atomic E-state index is -1.50. The number of aliphatic hydroxyl groups is 1. The fourth-order valence-corrected chi connectivity index (χ4v) is 8.63. The number of hydrogen-bond donors (Lipinski definition) is 1. The van der Waals surface area contributed by atoms with Gasteiger partial charge in [0, 0.05) is 6.61 Å². The molecule has 2 atom stereocenters. The molecule has 36 heavy (non-hydrogen) atoms. The monoisotopic (exact) mass is 504 g/mol. The number of aliphatic hydroxyl groups excluding tert-OH is 1. The Labute approximate surface area is 219 Å². The molecule has 0 aromatic heterocycles. The summed E-state index contributed by atoms with van der Waals surface area (Å²) >= 11 is 0. The highest BCUT2D eigenvalue weighted by Gasteiger charge is 2.48. The zero-order valence-electron chi connectivity index (χ0n) is 22.9. The van der Waals surface area contributed by atoms with Crippen molar-refractivity contribution in [2.24, 2.45) is 5.41 Å². The SMILES string of the molecule is COc1cccc(CCC2=C3CC(O)C[C@]3(CCCOCc3ccccc3)CC([Si](C)(C)C)=C2C)c1. The number of hydrogen-bond acceptors (Lipinski definition) is 3. The van der Waals surface area contributed by atoms with E-state index in [1.54, 1.807) is 17.9 Å². The maximum atomic E-state index is 10.9. The Hall–Kier alpha value is -2.14. The van der Waals surface area contributed by atoms with Crippen LogP contribution in [0.4, 0.5) is 0 Å². The van der Waals surface area contributed by atoms with E-state index < -0.39 is 8.07 Å². The van der Waals surface area contributed by atoms with E-state index in [9.17, 15) is 5.11 Å². The molecule has 194 valence electrons. The first kappa shape index (κ1) is 26.9. The summed E-state index contributed by atoms with van der Waals surface area (Å²) in [4.78, 5) is 0. The van der Waals surface area contributed by atoms with Crippen molar-refractivity contribution >= 4 is 8.07 Å². The van der Waals surface area contributed by atoms with Gasteiger partial charge in [0.2, 0.25) is 0 Å². The number of allylic oxidation sites excluding steroid dienone is 3. The highest BCUT2D eigenvalue weighted by molar-refractivity contribution is 6.83. The molecule has 4 heteroatoms. The Kier molecular flexibility index (Phi) is 8.59. The van der Waals surface area contributed by atoms with Gasteiger partial charge >= 0.3 is 0 Å². The topological polar surface area (TPSA) is 38.7 Å². The molecule has 3 nitrogen and oxygen atoms in total. The van der Waals surface area contributed by atoms with Gasteiger partial charge in [-0.1, -0.05) is 78.4 Å². The van der Waals surface area contributed by atoms with Crippen molar-refractivity contribution in [3.63, 3.8) is 0 Å². The van der Waals surface area contributed by atoms with Crippen LogP contribution in [0.1, 0.15) is 56.6 Å². The Morgan fingerprint density at radius 2 is 1.75 bits per heavy atom. The average molecular weight is 505 g/mol. The summed E-state index contributed by atoms with van der Waals surface area (Å²) in [5.41, 5.74) is 7.23. The van der Waals surface area contributed by atoms with Crippen molar-refractivity contribution < 1.29 is 14.6 Å². The van der Waals surface area contributed by atoms with Gasteiger partial charge in [-0.15, -0.1) is 0 Å². The summed E-state index contributed by atoms with van der Waals surface area (Å²) in [6.07, 6.45) is 6.77. The second-order valence-electron chi connectivity index (χ2n) is 11.8. The van der Waals surface area contributed by atoms with Crippen LogP contribution >= 0.6 is 0 Å². The second-order valence-corrected chi connectivity index (χ2v) is 16.9. The molecule has 0 bridgehead atoms. The Morgan fingerprint density at radius 3 is 2.47 bits per heavy atom. The van der Waals surface area contributed by atoms with Crippen LogP contribution in [0, 0.1) is 5.41 Å². The van der Waals surface area contributed by atoms with E-state index in [2.05, 4.69) is 69.0 Å². The highest BCUT2D eigenvalue weighted by Crippen LogP contribution is 2.57. The van der Waals surface area contributed by atoms with Crippen LogP contribution in [-0.4, -0.2) is 33.0 Å². The van der Waals surface area contributed by atoms with Crippen LogP contribution in [0.2, 0.25) is 19.6 Å². The van der Waals surface area contributed by atoms with Crippen LogP contribution in [0.5, 0.6) is 5.75 Å². The summed E-state index contributed by atoms with van der Waals surface area (Å²) in [6.45, 7) is 11.3. The van der Waals surface area contributed by atoms with E-state index in [4.69, 9.17) is 9.47 Å². The summed E-state index contributed by atoms with van der Waals surface area (Å²) in [7, 11) is 0.233. The van der Waals surface area contributed by atoms with E-state index in [0.717, 1.165) is 57.3 Å². The molecular formula is C32H44O3Si. The van der Waals surface area contributed by atoms with E-state index in [1.807, 2.05) is 12.1 Å². The molecule has 1 fully saturated rings. The van der Waals surface area contributed by atoms with Crippen molar-refractivity contribution in [1.29, 1.82) is 0 Å². The first-order valence-electron chi connectivity index (χ1n) is 13.6. The number of fused-ring (bicyclic) bond motifs is 1. The van der Waals surface area contributed by atoms with Gasteiger partial charge in [-0.3, -0.25) is 0 Å². The van der Waals surface area contributed by atoms with Gasteiger partial charge in [-0.25, -0.2) is 0 Å². The largest absolute Gasteiger partial charge is 0.497 e. The fraction of sp³-hybridized carbons (Fsp3) is 0.500. The molecule has 1 saturated carbocycles. The van der Waals surface area contributed by atoms with Crippen molar-refractivity contribution in [3.05, 3.63) is 87.6 Å². The van der Waals surface area contributed by atoms with Crippen molar-refractivity contribution in [1.82, 2.24) is 0 Å². The maximum absolute atomic E-state index is 10.9. The Balaban J connectivity index is 1.54. The second kappa shape index (κ2) is 11.5. The number of benzene rings is 2. The third-order valence-electron chi connectivity index (χ3n) is 8.25. The lowest BCUT2D eigenvalue weighted by atomic mass is 9.68. The molecule has 0 amide bonds. The smallest absolute Gasteiger partial charge is 0.119 e. The minimum Gasteiger partial charge on any atom is -0.497 e.